The number of aromatic amines is 1. The lowest BCUT2D eigenvalue weighted by molar-refractivity contribution is -0.238. The molecule has 5 unspecified atom stereocenters. The first-order valence-corrected chi connectivity index (χ1v) is 10.3. The second kappa shape index (κ2) is 6.84. The van der Waals surface area contributed by atoms with Crippen molar-refractivity contribution in [1.82, 2.24) is 14.8 Å². The number of rotatable bonds is 3. The van der Waals surface area contributed by atoms with Crippen LogP contribution >= 0.6 is 12.2 Å². The molecule has 9 nitrogen and oxygen atoms in total. The second-order valence-electron chi connectivity index (χ2n) is 8.48. The molecule has 5 rings (SSSR count). The van der Waals surface area contributed by atoms with Crippen LogP contribution in [0.2, 0.25) is 0 Å². The van der Waals surface area contributed by atoms with Crippen molar-refractivity contribution < 1.29 is 28.4 Å². The van der Waals surface area contributed by atoms with Crippen LogP contribution in [-0.2, 0) is 23.7 Å². The van der Waals surface area contributed by atoms with E-state index in [0.717, 1.165) is 5.69 Å². The zero-order chi connectivity index (χ0) is 21.3. The Balaban J connectivity index is 1.60. The summed E-state index contributed by atoms with van der Waals surface area (Å²) in [6.07, 6.45) is -2.49. The maximum Gasteiger partial charge on any atom is 0.200 e. The molecular weight excluding hydrogens is 410 g/mol. The SMILES string of the molecule is COc1ccccc1-n1c(C2OC3OC(C)(C)OC3C3OC(C)(C)OC23)n[nH]c1=S. The number of fused-ring (bicyclic) bond motifs is 3. The van der Waals surface area contributed by atoms with Gasteiger partial charge in [-0.3, -0.25) is 9.67 Å². The first-order chi connectivity index (χ1) is 14.2. The van der Waals surface area contributed by atoms with E-state index in [1.54, 1.807) is 11.7 Å². The smallest absolute Gasteiger partial charge is 0.200 e. The topological polar surface area (TPSA) is 89.0 Å². The highest BCUT2D eigenvalue weighted by molar-refractivity contribution is 7.71. The molecule has 3 fully saturated rings. The van der Waals surface area contributed by atoms with Crippen LogP contribution in [0, 0.1) is 4.77 Å². The first kappa shape index (κ1) is 20.1. The Hall–Kier alpha value is -1.82. The third kappa shape index (κ3) is 3.19. The third-order valence-corrected chi connectivity index (χ3v) is 5.71. The quantitative estimate of drug-likeness (QED) is 0.736. The molecule has 0 radical (unpaired) electrons. The van der Waals surface area contributed by atoms with Crippen molar-refractivity contribution in [2.45, 2.75) is 70.0 Å². The fraction of sp³-hybridized carbons (Fsp3) is 0.600. The lowest BCUT2D eigenvalue weighted by Gasteiger charge is -2.36. The average molecular weight is 436 g/mol. The van der Waals surface area contributed by atoms with Gasteiger partial charge in [0.2, 0.25) is 0 Å². The largest absolute Gasteiger partial charge is 0.495 e. The Morgan fingerprint density at radius 2 is 1.67 bits per heavy atom. The molecule has 162 valence electrons. The molecule has 30 heavy (non-hydrogen) atoms. The number of nitrogens with zero attached hydrogens (tertiary/aromatic N) is 2. The van der Waals surface area contributed by atoms with E-state index in [1.807, 2.05) is 52.0 Å². The monoisotopic (exact) mass is 435 g/mol. The fourth-order valence-electron chi connectivity index (χ4n) is 4.37. The molecule has 5 atom stereocenters. The number of ether oxygens (including phenoxy) is 6. The van der Waals surface area contributed by atoms with Crippen molar-refractivity contribution in [2.75, 3.05) is 7.11 Å². The molecule has 0 spiro atoms. The predicted molar refractivity (Wildman–Crippen MR) is 107 cm³/mol. The van der Waals surface area contributed by atoms with Gasteiger partial charge in [0.15, 0.2) is 28.5 Å². The number of para-hydroxylation sites is 2. The molecule has 10 heteroatoms. The summed E-state index contributed by atoms with van der Waals surface area (Å²) in [5.41, 5.74) is 0.748. The van der Waals surface area contributed by atoms with Gasteiger partial charge in [-0.25, -0.2) is 0 Å². The van der Waals surface area contributed by atoms with Crippen LogP contribution < -0.4 is 4.74 Å². The summed E-state index contributed by atoms with van der Waals surface area (Å²) in [7, 11) is 1.61. The number of benzene rings is 1. The zero-order valence-corrected chi connectivity index (χ0v) is 18.3. The fourth-order valence-corrected chi connectivity index (χ4v) is 4.60. The van der Waals surface area contributed by atoms with Crippen LogP contribution in [0.3, 0.4) is 0 Å². The number of H-pyrrole nitrogens is 1. The van der Waals surface area contributed by atoms with Gasteiger partial charge in [0, 0.05) is 0 Å². The van der Waals surface area contributed by atoms with Crippen molar-refractivity contribution in [3.8, 4) is 11.4 Å². The van der Waals surface area contributed by atoms with E-state index >= 15 is 0 Å². The molecule has 2 aromatic rings. The Morgan fingerprint density at radius 3 is 2.43 bits per heavy atom. The maximum atomic E-state index is 6.35. The average Bonchev–Trinajstić information content (AvgIpc) is 3.31. The minimum atomic E-state index is -0.801. The van der Waals surface area contributed by atoms with Crippen molar-refractivity contribution in [3.63, 3.8) is 0 Å². The Bertz CT molecular complexity index is 1020. The standard InChI is InChI=1S/C20H25N3O6S/c1-19(2)26-12-13(27-19)15-17(29-20(3,4)28-15)25-14(12)16-21-22-18(30)23(16)10-8-6-7-9-11(10)24-5/h6-9,12-15,17H,1-5H3,(H,22,30). The van der Waals surface area contributed by atoms with Crippen molar-refractivity contribution >= 4 is 12.2 Å². The number of hydrogen-bond acceptors (Lipinski definition) is 8. The highest BCUT2D eigenvalue weighted by Gasteiger charge is 2.61. The molecule has 3 aliphatic rings. The Labute approximate surface area is 179 Å². The predicted octanol–water partition coefficient (Wildman–Crippen LogP) is 3.01. The van der Waals surface area contributed by atoms with Gasteiger partial charge in [-0.05, 0) is 52.0 Å². The highest BCUT2D eigenvalue weighted by atomic mass is 32.1. The number of aromatic nitrogens is 3. The minimum absolute atomic E-state index is 0.387. The molecule has 1 aromatic carbocycles. The molecule has 1 N–H and O–H groups in total. The van der Waals surface area contributed by atoms with Crippen LogP contribution in [-0.4, -0.2) is 58.1 Å². The summed E-state index contributed by atoms with van der Waals surface area (Å²) >= 11 is 5.53. The summed E-state index contributed by atoms with van der Waals surface area (Å²) in [4.78, 5) is 0. The maximum absolute atomic E-state index is 6.35. The van der Waals surface area contributed by atoms with E-state index in [1.165, 1.54) is 0 Å². The Morgan fingerprint density at radius 1 is 1.00 bits per heavy atom. The van der Waals surface area contributed by atoms with E-state index in [4.69, 9.17) is 40.6 Å². The second-order valence-corrected chi connectivity index (χ2v) is 8.87. The van der Waals surface area contributed by atoms with Crippen LogP contribution in [0.4, 0.5) is 0 Å². The minimum Gasteiger partial charge on any atom is -0.495 e. The molecule has 1 aromatic heterocycles. The highest BCUT2D eigenvalue weighted by Crippen LogP contribution is 2.48. The molecule has 0 bridgehead atoms. The van der Waals surface area contributed by atoms with E-state index in [0.29, 0.717) is 16.3 Å². The summed E-state index contributed by atoms with van der Waals surface area (Å²) in [6.45, 7) is 7.44. The molecule has 4 heterocycles. The van der Waals surface area contributed by atoms with Gasteiger partial charge in [0.25, 0.3) is 0 Å². The summed E-state index contributed by atoms with van der Waals surface area (Å²) in [6, 6.07) is 7.57. The third-order valence-electron chi connectivity index (χ3n) is 5.43. The molecule has 0 amide bonds. The molecule has 3 saturated heterocycles. The van der Waals surface area contributed by atoms with Crippen LogP contribution in [0.25, 0.3) is 5.69 Å². The molecular formula is C20H25N3O6S. The first-order valence-electron chi connectivity index (χ1n) is 9.86. The Kier molecular flexibility index (Phi) is 4.58. The van der Waals surface area contributed by atoms with Gasteiger partial charge >= 0.3 is 0 Å². The van der Waals surface area contributed by atoms with Gasteiger partial charge in [0.1, 0.15) is 30.2 Å². The van der Waals surface area contributed by atoms with Gasteiger partial charge in [0.05, 0.1) is 12.8 Å². The van der Waals surface area contributed by atoms with Gasteiger partial charge < -0.3 is 28.4 Å². The number of methoxy groups -OCH3 is 1. The van der Waals surface area contributed by atoms with E-state index in [-0.39, 0.29) is 6.10 Å². The number of nitrogens with one attached hydrogen (secondary N) is 1. The van der Waals surface area contributed by atoms with Gasteiger partial charge in [-0.1, -0.05) is 12.1 Å². The van der Waals surface area contributed by atoms with Crippen LogP contribution in [0.5, 0.6) is 5.75 Å². The summed E-state index contributed by atoms with van der Waals surface area (Å²) < 4.78 is 38.6. The van der Waals surface area contributed by atoms with Crippen molar-refractivity contribution in [1.29, 1.82) is 0 Å². The lowest BCUT2D eigenvalue weighted by atomic mass is 9.98. The van der Waals surface area contributed by atoms with Gasteiger partial charge in [-0.2, -0.15) is 5.10 Å². The lowest BCUT2D eigenvalue weighted by Crippen LogP contribution is -2.51. The van der Waals surface area contributed by atoms with E-state index in [2.05, 4.69) is 10.2 Å². The zero-order valence-electron chi connectivity index (χ0n) is 17.4. The normalized spacial score (nSPS) is 33.8. The van der Waals surface area contributed by atoms with Crippen LogP contribution in [0.15, 0.2) is 24.3 Å². The number of hydrogen-bond donors (Lipinski definition) is 1. The van der Waals surface area contributed by atoms with Gasteiger partial charge in [-0.15, -0.1) is 0 Å². The molecule has 0 saturated carbocycles. The van der Waals surface area contributed by atoms with E-state index < -0.39 is 36.2 Å². The van der Waals surface area contributed by atoms with E-state index in [9.17, 15) is 0 Å². The summed E-state index contributed by atoms with van der Waals surface area (Å²) in [5.74, 6) is -0.387. The van der Waals surface area contributed by atoms with Crippen molar-refractivity contribution in [2.24, 2.45) is 0 Å². The summed E-state index contributed by atoms with van der Waals surface area (Å²) in [5, 5.41) is 7.36. The molecule has 0 aliphatic carbocycles. The van der Waals surface area contributed by atoms with Crippen LogP contribution in [0.1, 0.15) is 39.6 Å². The van der Waals surface area contributed by atoms with Crippen molar-refractivity contribution in [3.05, 3.63) is 34.9 Å². The molecule has 3 aliphatic heterocycles.